The van der Waals surface area contributed by atoms with Crippen LogP contribution in [-0.2, 0) is 26.0 Å². The van der Waals surface area contributed by atoms with Gasteiger partial charge in [0.1, 0.15) is 17.1 Å². The number of nitrogens with zero attached hydrogens (tertiary/aromatic N) is 1. The largest absolute Gasteiger partial charge is 0.463 e. The van der Waals surface area contributed by atoms with Gasteiger partial charge >= 0.3 is 24.1 Å². The van der Waals surface area contributed by atoms with Gasteiger partial charge in [0.2, 0.25) is 0 Å². The number of amides is 2. The van der Waals surface area contributed by atoms with Gasteiger partial charge in [-0.05, 0) is 69.7 Å². The standard InChI is InChI=1S/C18H13ClF3NO7.C17H20N2O/c1-2-28-16(24)9-29-17(25)12-8-11(4-5-14(12)23(26)27)30-15-6-3-10(7-13(15)19)18(20,21)22;1-13-9-11-15(12-10-13)18-16(20)19-17(2,3)14-7-5-4-6-8-14/h3-8H,2,9H2,1H3;4-12H,1-3H3,(H2,18,19,20). The number of carbonyl (C=O) groups excluding carboxylic acids is 3. The third-order valence-corrected chi connectivity index (χ3v) is 7.02. The summed E-state index contributed by atoms with van der Waals surface area (Å²) in [4.78, 5) is 45.8. The van der Waals surface area contributed by atoms with E-state index in [2.05, 4.69) is 15.4 Å². The number of alkyl halides is 3. The first-order chi connectivity index (χ1) is 23.5. The molecule has 0 aliphatic heterocycles. The number of nitro benzene ring substituents is 1. The number of rotatable bonds is 10. The van der Waals surface area contributed by atoms with Crippen molar-refractivity contribution in [3.05, 3.63) is 128 Å². The van der Waals surface area contributed by atoms with Crippen LogP contribution in [0.2, 0.25) is 5.02 Å². The molecule has 4 rings (SSSR count). The van der Waals surface area contributed by atoms with E-state index in [-0.39, 0.29) is 29.2 Å². The lowest BCUT2D eigenvalue weighted by Crippen LogP contribution is -2.43. The number of anilines is 1. The molecule has 4 aromatic carbocycles. The number of benzene rings is 4. The van der Waals surface area contributed by atoms with Gasteiger partial charge in [0, 0.05) is 17.8 Å². The van der Waals surface area contributed by atoms with Crippen molar-refractivity contribution in [1.29, 1.82) is 0 Å². The van der Waals surface area contributed by atoms with Crippen molar-refractivity contribution in [3.8, 4) is 11.5 Å². The van der Waals surface area contributed by atoms with E-state index in [1.54, 1.807) is 0 Å². The van der Waals surface area contributed by atoms with Crippen molar-refractivity contribution in [2.75, 3.05) is 18.5 Å². The Morgan fingerprint density at radius 2 is 1.54 bits per heavy atom. The highest BCUT2D eigenvalue weighted by Crippen LogP contribution is 2.37. The van der Waals surface area contributed by atoms with Crippen molar-refractivity contribution >= 4 is 40.9 Å². The zero-order chi connectivity index (χ0) is 37.1. The highest BCUT2D eigenvalue weighted by molar-refractivity contribution is 6.32. The minimum Gasteiger partial charge on any atom is -0.463 e. The SMILES string of the molecule is CCOC(=O)COC(=O)c1cc(Oc2ccc(C(F)(F)F)cc2Cl)ccc1[N+](=O)[O-].Cc1ccc(NC(=O)NC(C)(C)c2ccccc2)cc1. The third-order valence-electron chi connectivity index (χ3n) is 6.73. The Morgan fingerprint density at radius 3 is 2.12 bits per heavy atom. The first-order valence-corrected chi connectivity index (χ1v) is 15.2. The molecule has 2 N–H and O–H groups in total. The topological polar surface area (TPSA) is 146 Å². The number of carbonyl (C=O) groups is 3. The van der Waals surface area contributed by atoms with Gasteiger partial charge in [-0.15, -0.1) is 0 Å². The Balaban J connectivity index is 0.000000292. The number of hydrogen-bond acceptors (Lipinski definition) is 8. The minimum absolute atomic E-state index is 0.0493. The molecule has 0 saturated carbocycles. The van der Waals surface area contributed by atoms with Gasteiger partial charge in [0.15, 0.2) is 6.61 Å². The van der Waals surface area contributed by atoms with Crippen molar-refractivity contribution in [1.82, 2.24) is 5.32 Å². The van der Waals surface area contributed by atoms with Crippen LogP contribution < -0.4 is 15.4 Å². The fraction of sp³-hybridized carbons (Fsp3) is 0.229. The molecule has 0 unspecified atom stereocenters. The second-order valence-electron chi connectivity index (χ2n) is 11.0. The van der Waals surface area contributed by atoms with Crippen LogP contribution >= 0.6 is 11.6 Å². The van der Waals surface area contributed by atoms with E-state index in [1.165, 1.54) is 12.5 Å². The van der Waals surface area contributed by atoms with E-state index in [4.69, 9.17) is 21.1 Å². The molecular formula is C35H33ClF3N3O8. The summed E-state index contributed by atoms with van der Waals surface area (Å²) in [5.41, 5.74) is 0.443. The maximum atomic E-state index is 12.7. The zero-order valence-corrected chi connectivity index (χ0v) is 28.1. The van der Waals surface area contributed by atoms with Crippen LogP contribution in [0.25, 0.3) is 0 Å². The molecule has 0 heterocycles. The summed E-state index contributed by atoms with van der Waals surface area (Å²) in [7, 11) is 0. The second-order valence-corrected chi connectivity index (χ2v) is 11.4. The van der Waals surface area contributed by atoms with Gasteiger partial charge in [0.05, 0.1) is 27.7 Å². The quantitative estimate of drug-likeness (QED) is 0.0941. The van der Waals surface area contributed by atoms with Crippen LogP contribution in [0.5, 0.6) is 11.5 Å². The minimum atomic E-state index is -4.61. The maximum Gasteiger partial charge on any atom is 0.416 e. The fourth-order valence-electron chi connectivity index (χ4n) is 4.20. The summed E-state index contributed by atoms with van der Waals surface area (Å²) in [6, 6.07) is 22.8. The van der Waals surface area contributed by atoms with E-state index in [1.807, 2.05) is 75.4 Å². The van der Waals surface area contributed by atoms with Gasteiger partial charge in [-0.2, -0.15) is 13.2 Å². The van der Waals surface area contributed by atoms with Gasteiger partial charge in [-0.3, -0.25) is 10.1 Å². The number of hydrogen-bond donors (Lipinski definition) is 2. The number of aryl methyl sites for hydroxylation is 1. The lowest BCUT2D eigenvalue weighted by molar-refractivity contribution is -0.385. The molecule has 15 heteroatoms. The Bertz CT molecular complexity index is 1820. The van der Waals surface area contributed by atoms with Crippen LogP contribution in [0.3, 0.4) is 0 Å². The van der Waals surface area contributed by atoms with Gasteiger partial charge < -0.3 is 24.8 Å². The Morgan fingerprint density at radius 1 is 0.880 bits per heavy atom. The molecule has 0 saturated heterocycles. The molecule has 0 radical (unpaired) electrons. The van der Waals surface area contributed by atoms with Crippen molar-refractivity contribution in [2.24, 2.45) is 0 Å². The van der Waals surface area contributed by atoms with Gasteiger partial charge in [-0.1, -0.05) is 59.6 Å². The zero-order valence-electron chi connectivity index (χ0n) is 27.3. The molecule has 0 atom stereocenters. The number of nitro groups is 1. The molecule has 0 aliphatic rings. The summed E-state index contributed by atoms with van der Waals surface area (Å²) in [5, 5.41) is 16.6. The average Bonchev–Trinajstić information content (AvgIpc) is 3.05. The number of nitrogens with one attached hydrogen (secondary N) is 2. The van der Waals surface area contributed by atoms with Crippen LogP contribution in [0, 0.1) is 17.0 Å². The lowest BCUT2D eigenvalue weighted by Gasteiger charge is -2.27. The summed E-state index contributed by atoms with van der Waals surface area (Å²) >= 11 is 5.81. The van der Waals surface area contributed by atoms with Crippen LogP contribution in [-0.4, -0.2) is 36.1 Å². The highest BCUT2D eigenvalue weighted by atomic mass is 35.5. The van der Waals surface area contributed by atoms with Crippen LogP contribution in [0.1, 0.15) is 47.8 Å². The molecule has 0 aromatic heterocycles. The third kappa shape index (κ3) is 11.5. The average molecular weight is 716 g/mol. The van der Waals surface area contributed by atoms with E-state index in [9.17, 15) is 37.7 Å². The second kappa shape index (κ2) is 17.2. The van der Waals surface area contributed by atoms with E-state index in [0.29, 0.717) is 6.07 Å². The number of esters is 2. The Labute approximate surface area is 290 Å². The molecule has 264 valence electrons. The monoisotopic (exact) mass is 715 g/mol. The summed E-state index contributed by atoms with van der Waals surface area (Å²) < 4.78 is 52.8. The molecule has 0 spiro atoms. The molecular weight excluding hydrogens is 683 g/mol. The van der Waals surface area contributed by atoms with E-state index >= 15 is 0 Å². The molecule has 0 aliphatic carbocycles. The van der Waals surface area contributed by atoms with E-state index in [0.717, 1.165) is 41.6 Å². The number of halogens is 4. The summed E-state index contributed by atoms with van der Waals surface area (Å²) in [6.07, 6.45) is -4.61. The molecule has 0 fully saturated rings. The van der Waals surface area contributed by atoms with Crippen LogP contribution in [0.15, 0.2) is 91.0 Å². The number of urea groups is 1. The lowest BCUT2D eigenvalue weighted by atomic mass is 9.95. The summed E-state index contributed by atoms with van der Waals surface area (Å²) in [5.74, 6) is -2.36. The van der Waals surface area contributed by atoms with Crippen molar-refractivity contribution < 1.29 is 46.7 Å². The van der Waals surface area contributed by atoms with Crippen LogP contribution in [0.4, 0.5) is 29.3 Å². The Hall–Kier alpha value is -5.63. The van der Waals surface area contributed by atoms with Gasteiger partial charge in [-0.25, -0.2) is 14.4 Å². The fourth-order valence-corrected chi connectivity index (χ4v) is 4.42. The van der Waals surface area contributed by atoms with Crippen molar-refractivity contribution in [3.63, 3.8) is 0 Å². The highest BCUT2D eigenvalue weighted by Gasteiger charge is 2.31. The maximum absolute atomic E-state index is 12.7. The Kier molecular flexibility index (Phi) is 13.3. The normalized spacial score (nSPS) is 11.0. The first kappa shape index (κ1) is 38.8. The predicted molar refractivity (Wildman–Crippen MR) is 179 cm³/mol. The molecule has 11 nitrogen and oxygen atoms in total. The molecule has 0 bridgehead atoms. The number of ether oxygens (including phenoxy) is 3. The smallest absolute Gasteiger partial charge is 0.416 e. The summed E-state index contributed by atoms with van der Waals surface area (Å²) in [6.45, 7) is 6.81. The first-order valence-electron chi connectivity index (χ1n) is 14.9. The molecule has 50 heavy (non-hydrogen) atoms. The van der Waals surface area contributed by atoms with E-state index < -0.39 is 52.0 Å². The molecule has 2 amide bonds. The predicted octanol–water partition coefficient (Wildman–Crippen LogP) is 8.83. The van der Waals surface area contributed by atoms with Crippen molar-refractivity contribution in [2.45, 2.75) is 39.4 Å². The molecule has 4 aromatic rings. The van der Waals surface area contributed by atoms with Gasteiger partial charge in [0.25, 0.3) is 5.69 Å².